The van der Waals surface area contributed by atoms with Gasteiger partial charge in [-0.2, -0.15) is 6.42 Å². The second-order valence-corrected chi connectivity index (χ2v) is 2.62. The molecule has 0 saturated heterocycles. The summed E-state index contributed by atoms with van der Waals surface area (Å²) in [5.74, 6) is 0. The molecule has 0 saturated carbocycles. The molecule has 0 amide bonds. The minimum atomic E-state index is 0. The van der Waals surface area contributed by atoms with E-state index in [1.54, 1.807) is 0 Å². The Balaban J connectivity index is -0.000000320. The van der Waals surface area contributed by atoms with Gasteiger partial charge in [0.15, 0.2) is 0 Å². The van der Waals surface area contributed by atoms with Crippen LogP contribution in [-0.4, -0.2) is 23.1 Å². The normalized spacial score (nSPS) is 8.18. The second kappa shape index (κ2) is 17.2. The van der Waals surface area contributed by atoms with Crippen LogP contribution in [0.1, 0.15) is 51.9 Å². The SMILES string of the molecule is [CH2-]CCCCCCCC.[Cl-].[Mg+2]. The molecule has 0 atom stereocenters. The summed E-state index contributed by atoms with van der Waals surface area (Å²) in [6.45, 7) is 6.05. The summed E-state index contributed by atoms with van der Waals surface area (Å²) < 4.78 is 0. The van der Waals surface area contributed by atoms with Crippen LogP contribution in [0.5, 0.6) is 0 Å². The third-order valence-corrected chi connectivity index (χ3v) is 1.60. The molecule has 64 valence electrons. The van der Waals surface area contributed by atoms with Crippen molar-refractivity contribution in [2.24, 2.45) is 0 Å². The van der Waals surface area contributed by atoms with Gasteiger partial charge in [-0.3, -0.25) is 0 Å². The van der Waals surface area contributed by atoms with Gasteiger partial charge < -0.3 is 19.3 Å². The third kappa shape index (κ3) is 18.2. The van der Waals surface area contributed by atoms with Crippen LogP contribution in [0.25, 0.3) is 0 Å². The molecule has 0 fully saturated rings. The van der Waals surface area contributed by atoms with Crippen molar-refractivity contribution in [3.05, 3.63) is 6.92 Å². The van der Waals surface area contributed by atoms with Gasteiger partial charge in [-0.25, -0.2) is 0 Å². The zero-order valence-electron chi connectivity index (χ0n) is 7.74. The number of rotatable bonds is 6. The van der Waals surface area contributed by atoms with Crippen molar-refractivity contribution in [1.29, 1.82) is 0 Å². The van der Waals surface area contributed by atoms with Crippen molar-refractivity contribution >= 4 is 23.1 Å². The van der Waals surface area contributed by atoms with Crippen LogP contribution in [0.15, 0.2) is 0 Å². The molecule has 0 rings (SSSR count). The van der Waals surface area contributed by atoms with E-state index in [0.717, 1.165) is 6.42 Å². The van der Waals surface area contributed by atoms with Gasteiger partial charge in [-0.15, -0.1) is 0 Å². The Morgan fingerprint density at radius 2 is 1.36 bits per heavy atom. The first-order valence-corrected chi connectivity index (χ1v) is 4.21. The molecule has 0 aliphatic carbocycles. The Morgan fingerprint density at radius 3 is 1.82 bits per heavy atom. The second-order valence-electron chi connectivity index (χ2n) is 2.62. The molecular formula is C9H19ClMg. The Kier molecular flexibility index (Phi) is 28.1. The molecular weight excluding hydrogens is 168 g/mol. The van der Waals surface area contributed by atoms with E-state index in [0.29, 0.717) is 0 Å². The molecule has 0 aromatic heterocycles. The molecule has 2 heteroatoms. The molecule has 0 aliphatic heterocycles. The number of halogens is 1. The molecule has 0 spiro atoms. The van der Waals surface area contributed by atoms with Gasteiger partial charge in [0.05, 0.1) is 0 Å². The van der Waals surface area contributed by atoms with Crippen LogP contribution in [0.4, 0.5) is 0 Å². The van der Waals surface area contributed by atoms with Crippen molar-refractivity contribution in [1.82, 2.24) is 0 Å². The summed E-state index contributed by atoms with van der Waals surface area (Å²) in [4.78, 5) is 0. The molecule has 0 aromatic carbocycles. The molecule has 0 unspecified atom stereocenters. The fourth-order valence-corrected chi connectivity index (χ4v) is 0.957. The van der Waals surface area contributed by atoms with Gasteiger partial charge in [0.1, 0.15) is 0 Å². The van der Waals surface area contributed by atoms with Gasteiger partial charge in [0, 0.05) is 0 Å². The van der Waals surface area contributed by atoms with Crippen molar-refractivity contribution in [3.63, 3.8) is 0 Å². The maximum absolute atomic E-state index is 3.80. The third-order valence-electron chi connectivity index (χ3n) is 1.60. The van der Waals surface area contributed by atoms with Crippen molar-refractivity contribution in [2.45, 2.75) is 51.9 Å². The van der Waals surface area contributed by atoms with Crippen LogP contribution >= 0.6 is 0 Å². The topological polar surface area (TPSA) is 0 Å². The predicted molar refractivity (Wildman–Crippen MR) is 49.1 cm³/mol. The van der Waals surface area contributed by atoms with Gasteiger partial charge >= 0.3 is 23.1 Å². The van der Waals surface area contributed by atoms with Crippen LogP contribution in [-0.2, 0) is 0 Å². The van der Waals surface area contributed by atoms with E-state index in [-0.39, 0.29) is 35.5 Å². The quantitative estimate of drug-likeness (QED) is 0.316. The number of hydrogen-bond acceptors (Lipinski definition) is 0. The Morgan fingerprint density at radius 1 is 0.909 bits per heavy atom. The van der Waals surface area contributed by atoms with Gasteiger partial charge in [-0.05, 0) is 0 Å². The summed E-state index contributed by atoms with van der Waals surface area (Å²) >= 11 is 0. The Hall–Kier alpha value is 1.06. The molecule has 11 heavy (non-hydrogen) atoms. The zero-order chi connectivity index (χ0) is 6.95. The molecule has 0 N–H and O–H groups in total. The minimum absolute atomic E-state index is 0. The Labute approximate surface area is 94.1 Å². The number of hydrogen-bond donors (Lipinski definition) is 0. The van der Waals surface area contributed by atoms with Gasteiger partial charge in [0.2, 0.25) is 0 Å². The molecule has 0 heterocycles. The monoisotopic (exact) mass is 186 g/mol. The largest absolute Gasteiger partial charge is 2.00 e. The maximum Gasteiger partial charge on any atom is 2.00 e. The predicted octanol–water partition coefficient (Wildman–Crippen LogP) is 0.194. The summed E-state index contributed by atoms with van der Waals surface area (Å²) in [6, 6.07) is 0. The maximum atomic E-state index is 3.80. The van der Waals surface area contributed by atoms with Crippen LogP contribution in [0.3, 0.4) is 0 Å². The first-order chi connectivity index (χ1) is 4.41. The van der Waals surface area contributed by atoms with Gasteiger partial charge in [0.25, 0.3) is 0 Å². The standard InChI is InChI=1S/C9H19.ClH.Mg/c1-3-5-7-9-8-6-4-2;;/h1,3-9H2,2H3;1H;/q-1;;+2/p-1. The molecule has 0 bridgehead atoms. The average molecular weight is 187 g/mol. The average Bonchev–Trinajstić information content (AvgIpc) is 1.89. The zero-order valence-corrected chi connectivity index (χ0v) is 9.91. The summed E-state index contributed by atoms with van der Waals surface area (Å²) in [5.41, 5.74) is 0. The summed E-state index contributed by atoms with van der Waals surface area (Å²) in [5, 5.41) is 0. The van der Waals surface area contributed by atoms with Crippen LogP contribution < -0.4 is 12.4 Å². The summed E-state index contributed by atoms with van der Waals surface area (Å²) in [6.07, 6.45) is 9.45. The van der Waals surface area contributed by atoms with Crippen molar-refractivity contribution in [2.75, 3.05) is 0 Å². The fourth-order valence-electron chi connectivity index (χ4n) is 0.957. The first kappa shape index (κ1) is 18.0. The van der Waals surface area contributed by atoms with E-state index in [9.17, 15) is 0 Å². The van der Waals surface area contributed by atoms with Crippen molar-refractivity contribution < 1.29 is 12.4 Å². The van der Waals surface area contributed by atoms with Crippen LogP contribution in [0.2, 0.25) is 0 Å². The van der Waals surface area contributed by atoms with E-state index in [2.05, 4.69) is 13.8 Å². The Bertz CT molecular complexity index is 42.8. The first-order valence-electron chi connectivity index (χ1n) is 4.21. The van der Waals surface area contributed by atoms with Crippen molar-refractivity contribution in [3.8, 4) is 0 Å². The minimum Gasteiger partial charge on any atom is -1.00 e. The van der Waals surface area contributed by atoms with Crippen LogP contribution in [0, 0.1) is 6.92 Å². The van der Waals surface area contributed by atoms with E-state index < -0.39 is 0 Å². The van der Waals surface area contributed by atoms with E-state index >= 15 is 0 Å². The molecule has 0 radical (unpaired) electrons. The molecule has 0 nitrogen and oxygen atoms in total. The smallest absolute Gasteiger partial charge is 1.00 e. The van der Waals surface area contributed by atoms with Gasteiger partial charge in [-0.1, -0.05) is 45.4 Å². The number of unbranched alkanes of at least 4 members (excludes halogenated alkanes) is 6. The fraction of sp³-hybridized carbons (Fsp3) is 0.889. The molecule has 0 aromatic rings. The van der Waals surface area contributed by atoms with E-state index in [1.165, 1.54) is 38.5 Å². The van der Waals surface area contributed by atoms with E-state index in [1.807, 2.05) is 0 Å². The van der Waals surface area contributed by atoms with E-state index in [4.69, 9.17) is 0 Å². The molecule has 0 aliphatic rings. The summed E-state index contributed by atoms with van der Waals surface area (Å²) in [7, 11) is 0.